The molecule has 0 bridgehead atoms. The van der Waals surface area contributed by atoms with Crippen molar-refractivity contribution in [3.63, 3.8) is 0 Å². The number of rotatable bonds is 6. The lowest BCUT2D eigenvalue weighted by atomic mass is 10.3. The monoisotopic (exact) mass is 215 g/mol. The van der Waals surface area contributed by atoms with Gasteiger partial charge in [-0.15, -0.1) is 0 Å². The maximum Gasteiger partial charge on any atom is 0.314 e. The maximum absolute atomic E-state index is 11.0. The topological polar surface area (TPSA) is 87.3 Å². The van der Waals surface area contributed by atoms with Crippen molar-refractivity contribution in [3.8, 4) is 0 Å². The zero-order chi connectivity index (χ0) is 11.7. The van der Waals surface area contributed by atoms with E-state index >= 15 is 0 Å². The Hall–Kier alpha value is -1.59. The first-order valence-electron chi connectivity index (χ1n) is 4.78. The van der Waals surface area contributed by atoms with Gasteiger partial charge in [-0.05, 0) is 6.92 Å². The summed E-state index contributed by atoms with van der Waals surface area (Å²) in [5.41, 5.74) is 0. The van der Waals surface area contributed by atoms with Crippen molar-refractivity contribution in [2.75, 3.05) is 19.6 Å². The molecule has 0 unspecified atom stereocenters. The third kappa shape index (κ3) is 10.3. The number of carbonyl (C=O) groups excluding carboxylic acids is 3. The van der Waals surface area contributed by atoms with Crippen LogP contribution in [-0.2, 0) is 9.59 Å². The summed E-state index contributed by atoms with van der Waals surface area (Å²) >= 11 is 0. The van der Waals surface area contributed by atoms with Crippen LogP contribution in [0.25, 0.3) is 0 Å². The van der Waals surface area contributed by atoms with Gasteiger partial charge in [0.1, 0.15) is 5.78 Å². The van der Waals surface area contributed by atoms with Crippen molar-refractivity contribution in [2.45, 2.75) is 20.3 Å². The number of hydrogen-bond acceptors (Lipinski definition) is 3. The largest absolute Gasteiger partial charge is 0.355 e. The van der Waals surface area contributed by atoms with Crippen LogP contribution in [0.5, 0.6) is 0 Å². The van der Waals surface area contributed by atoms with Gasteiger partial charge in [0.2, 0.25) is 5.91 Å². The summed E-state index contributed by atoms with van der Waals surface area (Å²) in [5, 5.41) is 7.59. The van der Waals surface area contributed by atoms with Crippen LogP contribution < -0.4 is 16.0 Å². The minimum atomic E-state index is -0.332. The summed E-state index contributed by atoms with van der Waals surface area (Å²) in [6.07, 6.45) is 0.332. The highest BCUT2D eigenvalue weighted by molar-refractivity contribution is 5.77. The average molecular weight is 215 g/mol. The second-order valence-electron chi connectivity index (χ2n) is 3.12. The fourth-order valence-corrected chi connectivity index (χ4v) is 0.829. The Morgan fingerprint density at radius 3 is 1.93 bits per heavy atom. The first-order chi connectivity index (χ1) is 7.02. The summed E-state index contributed by atoms with van der Waals surface area (Å²) in [5.74, 6) is -0.0951. The van der Waals surface area contributed by atoms with Gasteiger partial charge < -0.3 is 16.0 Å². The van der Waals surface area contributed by atoms with E-state index in [9.17, 15) is 14.4 Å². The molecule has 0 fully saturated rings. The number of amides is 3. The smallest absolute Gasteiger partial charge is 0.314 e. The van der Waals surface area contributed by atoms with Gasteiger partial charge in [0.15, 0.2) is 0 Å². The molecule has 0 spiro atoms. The van der Waals surface area contributed by atoms with Crippen LogP contribution in [0, 0.1) is 0 Å². The SMILES string of the molecule is CC(=O)CCNC(=O)NCCNC(C)=O. The lowest BCUT2D eigenvalue weighted by molar-refractivity contribution is -0.119. The van der Waals surface area contributed by atoms with Crippen molar-refractivity contribution in [1.29, 1.82) is 0 Å². The Morgan fingerprint density at radius 2 is 1.40 bits per heavy atom. The van der Waals surface area contributed by atoms with Gasteiger partial charge in [0, 0.05) is 33.0 Å². The van der Waals surface area contributed by atoms with E-state index in [1.165, 1.54) is 13.8 Å². The molecular formula is C9H17N3O3. The van der Waals surface area contributed by atoms with Crippen molar-refractivity contribution in [2.24, 2.45) is 0 Å². The van der Waals surface area contributed by atoms with Crippen LogP contribution in [-0.4, -0.2) is 37.4 Å². The molecule has 15 heavy (non-hydrogen) atoms. The molecular weight excluding hydrogens is 198 g/mol. The van der Waals surface area contributed by atoms with Crippen molar-refractivity contribution >= 4 is 17.7 Å². The van der Waals surface area contributed by atoms with Gasteiger partial charge in [0.25, 0.3) is 0 Å². The highest BCUT2D eigenvalue weighted by atomic mass is 16.2. The molecule has 0 aromatic rings. The molecule has 3 N–H and O–H groups in total. The number of hydrogen-bond donors (Lipinski definition) is 3. The molecule has 0 rings (SSSR count). The van der Waals surface area contributed by atoms with E-state index < -0.39 is 0 Å². The molecule has 0 saturated carbocycles. The molecule has 0 heterocycles. The number of nitrogens with one attached hydrogen (secondary N) is 3. The highest BCUT2D eigenvalue weighted by Gasteiger charge is 1.99. The Kier molecular flexibility index (Phi) is 6.96. The van der Waals surface area contributed by atoms with Crippen LogP contribution in [0.2, 0.25) is 0 Å². The zero-order valence-corrected chi connectivity index (χ0v) is 9.05. The molecule has 0 aliphatic heterocycles. The van der Waals surface area contributed by atoms with Gasteiger partial charge in [-0.2, -0.15) is 0 Å². The Bertz CT molecular complexity index is 241. The molecule has 3 amide bonds. The molecule has 0 aromatic heterocycles. The Morgan fingerprint density at radius 1 is 0.867 bits per heavy atom. The van der Waals surface area contributed by atoms with E-state index in [2.05, 4.69) is 16.0 Å². The predicted octanol–water partition coefficient (Wildman–Crippen LogP) is -0.599. The second kappa shape index (κ2) is 7.78. The molecule has 0 aliphatic rings. The minimum absolute atomic E-state index is 0.0357. The van der Waals surface area contributed by atoms with Crippen molar-refractivity contribution in [3.05, 3.63) is 0 Å². The average Bonchev–Trinajstić information content (AvgIpc) is 2.11. The van der Waals surface area contributed by atoms with Crippen LogP contribution >= 0.6 is 0 Å². The first kappa shape index (κ1) is 13.4. The van der Waals surface area contributed by atoms with Crippen LogP contribution in [0.15, 0.2) is 0 Å². The van der Waals surface area contributed by atoms with Gasteiger partial charge in [-0.3, -0.25) is 9.59 Å². The highest BCUT2D eigenvalue weighted by Crippen LogP contribution is 1.77. The molecule has 6 heteroatoms. The van der Waals surface area contributed by atoms with Crippen molar-refractivity contribution in [1.82, 2.24) is 16.0 Å². The molecule has 0 radical (unpaired) electrons. The summed E-state index contributed by atoms with van der Waals surface area (Å²) in [4.78, 5) is 32.0. The standard InChI is InChI=1S/C9H17N3O3/c1-7(13)3-4-11-9(15)12-6-5-10-8(2)14/h3-6H2,1-2H3,(H,10,14)(H2,11,12,15). The fourth-order valence-electron chi connectivity index (χ4n) is 0.829. The van der Waals surface area contributed by atoms with E-state index in [0.29, 0.717) is 26.1 Å². The summed E-state index contributed by atoms with van der Waals surface area (Å²) in [7, 11) is 0. The van der Waals surface area contributed by atoms with E-state index in [4.69, 9.17) is 0 Å². The third-order valence-corrected chi connectivity index (χ3v) is 1.55. The predicted molar refractivity (Wildman–Crippen MR) is 55.4 cm³/mol. The van der Waals surface area contributed by atoms with E-state index in [0.717, 1.165) is 0 Å². The summed E-state index contributed by atoms with van der Waals surface area (Å²) < 4.78 is 0. The summed E-state index contributed by atoms with van der Waals surface area (Å²) in [6.45, 7) is 3.98. The normalized spacial score (nSPS) is 9.20. The third-order valence-electron chi connectivity index (χ3n) is 1.55. The number of urea groups is 1. The maximum atomic E-state index is 11.0. The van der Waals surface area contributed by atoms with Gasteiger partial charge in [-0.25, -0.2) is 4.79 Å². The molecule has 0 aliphatic carbocycles. The molecule has 86 valence electrons. The van der Waals surface area contributed by atoms with Gasteiger partial charge in [-0.1, -0.05) is 0 Å². The summed E-state index contributed by atoms with van der Waals surface area (Å²) in [6, 6.07) is -0.332. The first-order valence-corrected chi connectivity index (χ1v) is 4.78. The zero-order valence-electron chi connectivity index (χ0n) is 9.05. The molecule has 0 aromatic carbocycles. The lowest BCUT2D eigenvalue weighted by Crippen LogP contribution is -2.40. The van der Waals surface area contributed by atoms with E-state index in [1.807, 2.05) is 0 Å². The Labute approximate surface area is 88.8 Å². The fraction of sp³-hybridized carbons (Fsp3) is 0.667. The van der Waals surface area contributed by atoms with Crippen LogP contribution in [0.1, 0.15) is 20.3 Å². The quantitative estimate of drug-likeness (QED) is 0.517. The van der Waals surface area contributed by atoms with Gasteiger partial charge >= 0.3 is 6.03 Å². The van der Waals surface area contributed by atoms with E-state index in [-0.39, 0.29) is 17.7 Å². The molecule has 0 saturated heterocycles. The lowest BCUT2D eigenvalue weighted by Gasteiger charge is -2.06. The van der Waals surface area contributed by atoms with Crippen molar-refractivity contribution < 1.29 is 14.4 Å². The van der Waals surface area contributed by atoms with E-state index in [1.54, 1.807) is 0 Å². The number of Topliss-reactive ketones (excluding diaryl/α,β-unsaturated/α-hetero) is 1. The van der Waals surface area contributed by atoms with Crippen LogP contribution in [0.3, 0.4) is 0 Å². The van der Waals surface area contributed by atoms with Crippen LogP contribution in [0.4, 0.5) is 4.79 Å². The molecule has 6 nitrogen and oxygen atoms in total. The van der Waals surface area contributed by atoms with Gasteiger partial charge in [0.05, 0.1) is 0 Å². The second-order valence-corrected chi connectivity index (χ2v) is 3.12. The number of carbonyl (C=O) groups is 3. The minimum Gasteiger partial charge on any atom is -0.355 e. The Balaban J connectivity index is 3.33. The molecule has 0 atom stereocenters. The number of ketones is 1.